The third-order valence-corrected chi connectivity index (χ3v) is 1.80. The van der Waals surface area contributed by atoms with Gasteiger partial charge >= 0.3 is 11.9 Å². The number of rotatable bonds is 5. The summed E-state index contributed by atoms with van der Waals surface area (Å²) >= 11 is 0. The van der Waals surface area contributed by atoms with Gasteiger partial charge in [-0.1, -0.05) is 20.8 Å². The van der Waals surface area contributed by atoms with Gasteiger partial charge in [0.2, 0.25) is 0 Å². The second kappa shape index (κ2) is 10.0. The largest absolute Gasteiger partial charge is 0.481 e. The van der Waals surface area contributed by atoms with Crippen LogP contribution in [0.15, 0.2) is 0 Å². The number of carboxylic acids is 2. The van der Waals surface area contributed by atoms with Crippen LogP contribution in [0.2, 0.25) is 0 Å². The Morgan fingerprint density at radius 2 is 1.50 bits per heavy atom. The van der Waals surface area contributed by atoms with Gasteiger partial charge in [0.1, 0.15) is 0 Å². The zero-order valence-electron chi connectivity index (χ0n) is 9.12. The van der Waals surface area contributed by atoms with E-state index in [0.717, 1.165) is 19.3 Å². The van der Waals surface area contributed by atoms with Crippen molar-refractivity contribution >= 4 is 11.9 Å². The molecule has 0 radical (unpaired) electrons. The van der Waals surface area contributed by atoms with Crippen molar-refractivity contribution in [1.82, 2.24) is 0 Å². The fourth-order valence-electron chi connectivity index (χ4n) is 0.852. The Balaban J connectivity index is 0. The monoisotopic (exact) mass is 204 g/mol. The van der Waals surface area contributed by atoms with Gasteiger partial charge in [0.05, 0.1) is 5.92 Å². The van der Waals surface area contributed by atoms with Crippen LogP contribution in [-0.4, -0.2) is 22.2 Å². The van der Waals surface area contributed by atoms with Crippen LogP contribution >= 0.6 is 0 Å². The first kappa shape index (κ1) is 15.4. The third-order valence-electron chi connectivity index (χ3n) is 1.80. The second-order valence-corrected chi connectivity index (χ2v) is 3.00. The third kappa shape index (κ3) is 10.9. The molecule has 4 nitrogen and oxygen atoms in total. The molecule has 0 aromatic rings. The van der Waals surface area contributed by atoms with Gasteiger partial charge in [-0.15, -0.1) is 0 Å². The number of carbonyl (C=O) groups is 2. The topological polar surface area (TPSA) is 74.6 Å². The van der Waals surface area contributed by atoms with E-state index in [1.54, 1.807) is 0 Å². The number of hydrogen-bond donors (Lipinski definition) is 2. The Kier molecular flexibility index (Phi) is 11.0. The van der Waals surface area contributed by atoms with E-state index in [4.69, 9.17) is 10.2 Å². The molecule has 14 heavy (non-hydrogen) atoms. The molecule has 0 aromatic carbocycles. The fourth-order valence-corrected chi connectivity index (χ4v) is 0.852. The Hall–Kier alpha value is -1.06. The molecule has 0 rings (SSSR count). The maximum absolute atomic E-state index is 10.2. The fraction of sp³-hybridized carbons (Fsp3) is 0.800. The molecule has 0 heterocycles. The molecule has 0 unspecified atom stereocenters. The van der Waals surface area contributed by atoms with Gasteiger partial charge in [-0.05, 0) is 19.3 Å². The molecular formula is C10H20O4. The van der Waals surface area contributed by atoms with Gasteiger partial charge in [0.15, 0.2) is 0 Å². The zero-order chi connectivity index (χ0) is 11.6. The molecule has 0 fully saturated rings. The van der Waals surface area contributed by atoms with Crippen LogP contribution in [0.3, 0.4) is 0 Å². The number of aliphatic carboxylic acids is 2. The summed E-state index contributed by atoms with van der Waals surface area (Å²) in [7, 11) is 0. The molecule has 0 aliphatic heterocycles. The standard InChI is InChI=1S/C6H12O2.C4H8O2/c1-3-5(4-2)6(7)8;1-2-3-4(5)6/h5H,3-4H2,1-2H3,(H,7,8);2-3H2,1H3,(H,5,6). The normalized spacial score (nSPS) is 9.14. The molecule has 0 saturated carbocycles. The molecule has 0 aliphatic carbocycles. The highest BCUT2D eigenvalue weighted by Crippen LogP contribution is 2.05. The van der Waals surface area contributed by atoms with Crippen molar-refractivity contribution < 1.29 is 19.8 Å². The van der Waals surface area contributed by atoms with Crippen molar-refractivity contribution in [3.05, 3.63) is 0 Å². The summed E-state index contributed by atoms with van der Waals surface area (Å²) in [5.74, 6) is -1.51. The summed E-state index contributed by atoms with van der Waals surface area (Å²) in [6, 6.07) is 0. The smallest absolute Gasteiger partial charge is 0.306 e. The highest BCUT2D eigenvalue weighted by Gasteiger charge is 2.10. The summed E-state index contributed by atoms with van der Waals surface area (Å²) in [5, 5.41) is 16.3. The van der Waals surface area contributed by atoms with Crippen LogP contribution in [0.1, 0.15) is 46.5 Å². The molecule has 0 spiro atoms. The summed E-state index contributed by atoms with van der Waals surface area (Å²) in [4.78, 5) is 19.8. The first-order valence-electron chi connectivity index (χ1n) is 4.94. The van der Waals surface area contributed by atoms with Crippen molar-refractivity contribution in [2.24, 2.45) is 5.92 Å². The quantitative estimate of drug-likeness (QED) is 0.721. The van der Waals surface area contributed by atoms with Crippen molar-refractivity contribution in [1.29, 1.82) is 0 Å². The summed E-state index contributed by atoms with van der Waals surface area (Å²) in [6.07, 6.45) is 2.51. The average molecular weight is 204 g/mol. The minimum atomic E-state index is -0.711. The molecule has 0 bridgehead atoms. The molecular weight excluding hydrogens is 184 g/mol. The van der Waals surface area contributed by atoms with Crippen molar-refractivity contribution in [3.63, 3.8) is 0 Å². The molecule has 0 saturated heterocycles. The number of carboxylic acid groups (broad SMARTS) is 2. The summed E-state index contributed by atoms with van der Waals surface area (Å²) < 4.78 is 0. The average Bonchev–Trinajstić information content (AvgIpc) is 2.06. The first-order valence-corrected chi connectivity index (χ1v) is 4.94. The van der Waals surface area contributed by atoms with Gasteiger partial charge in [-0.25, -0.2) is 0 Å². The van der Waals surface area contributed by atoms with Crippen LogP contribution in [0.4, 0.5) is 0 Å². The Morgan fingerprint density at radius 3 is 1.50 bits per heavy atom. The molecule has 4 heteroatoms. The Bertz CT molecular complexity index is 162. The number of hydrogen-bond acceptors (Lipinski definition) is 2. The lowest BCUT2D eigenvalue weighted by molar-refractivity contribution is -0.142. The van der Waals surface area contributed by atoms with Gasteiger partial charge in [0, 0.05) is 6.42 Å². The van der Waals surface area contributed by atoms with E-state index in [1.807, 2.05) is 20.8 Å². The molecule has 2 N–H and O–H groups in total. The molecule has 0 atom stereocenters. The molecule has 0 aromatic heterocycles. The molecule has 84 valence electrons. The highest BCUT2D eigenvalue weighted by atomic mass is 16.4. The summed E-state index contributed by atoms with van der Waals surface area (Å²) in [5.41, 5.74) is 0. The van der Waals surface area contributed by atoms with Gasteiger partial charge < -0.3 is 10.2 Å². The lowest BCUT2D eigenvalue weighted by Gasteiger charge is -2.02. The van der Waals surface area contributed by atoms with Crippen molar-refractivity contribution in [3.8, 4) is 0 Å². The second-order valence-electron chi connectivity index (χ2n) is 3.00. The van der Waals surface area contributed by atoms with Crippen LogP contribution in [0.25, 0.3) is 0 Å². The minimum absolute atomic E-state index is 0.130. The Labute approximate surface area is 84.9 Å². The predicted octanol–water partition coefficient (Wildman–Crippen LogP) is 2.38. The minimum Gasteiger partial charge on any atom is -0.481 e. The van der Waals surface area contributed by atoms with Crippen LogP contribution in [0.5, 0.6) is 0 Å². The van der Waals surface area contributed by atoms with E-state index in [1.165, 1.54) is 0 Å². The van der Waals surface area contributed by atoms with Gasteiger partial charge in [-0.2, -0.15) is 0 Å². The van der Waals surface area contributed by atoms with Gasteiger partial charge in [0.25, 0.3) is 0 Å². The summed E-state index contributed by atoms with van der Waals surface area (Å²) in [6.45, 7) is 5.62. The van der Waals surface area contributed by atoms with Gasteiger partial charge in [-0.3, -0.25) is 9.59 Å². The first-order chi connectivity index (χ1) is 6.49. The van der Waals surface area contributed by atoms with Crippen LogP contribution in [-0.2, 0) is 9.59 Å². The maximum atomic E-state index is 10.2. The van der Waals surface area contributed by atoms with E-state index in [-0.39, 0.29) is 5.92 Å². The van der Waals surface area contributed by atoms with E-state index >= 15 is 0 Å². The zero-order valence-corrected chi connectivity index (χ0v) is 9.12. The van der Waals surface area contributed by atoms with E-state index in [0.29, 0.717) is 6.42 Å². The van der Waals surface area contributed by atoms with Crippen LogP contribution < -0.4 is 0 Å². The molecule has 0 aliphatic rings. The Morgan fingerprint density at radius 1 is 1.07 bits per heavy atom. The van der Waals surface area contributed by atoms with E-state index in [2.05, 4.69) is 0 Å². The predicted molar refractivity (Wildman–Crippen MR) is 54.3 cm³/mol. The van der Waals surface area contributed by atoms with Crippen molar-refractivity contribution in [2.45, 2.75) is 46.5 Å². The van der Waals surface area contributed by atoms with Crippen LogP contribution in [0, 0.1) is 5.92 Å². The maximum Gasteiger partial charge on any atom is 0.306 e. The molecule has 0 amide bonds. The lowest BCUT2D eigenvalue weighted by atomic mass is 10.1. The van der Waals surface area contributed by atoms with Crippen molar-refractivity contribution in [2.75, 3.05) is 0 Å². The SMILES string of the molecule is CCC(CC)C(=O)O.CCCC(=O)O. The highest BCUT2D eigenvalue weighted by molar-refractivity contribution is 5.69. The van der Waals surface area contributed by atoms with E-state index in [9.17, 15) is 9.59 Å². The van der Waals surface area contributed by atoms with E-state index < -0.39 is 11.9 Å². The lowest BCUT2D eigenvalue weighted by Crippen LogP contribution is -2.10.